The normalized spacial score (nSPS) is 11.0. The molecular formula is C9H8Cl2N2. The van der Waals surface area contributed by atoms with E-state index >= 15 is 0 Å². The molecule has 4 heteroatoms. The summed E-state index contributed by atoms with van der Waals surface area (Å²) in [6, 6.07) is 3.90. The van der Waals surface area contributed by atoms with Gasteiger partial charge in [0.1, 0.15) is 5.15 Å². The number of pyridine rings is 1. The third-order valence-corrected chi connectivity index (χ3v) is 2.73. The van der Waals surface area contributed by atoms with Crippen LogP contribution in [0.25, 0.3) is 10.9 Å². The molecule has 0 aliphatic carbocycles. The predicted molar refractivity (Wildman–Crippen MR) is 55.3 cm³/mol. The molecular weight excluding hydrogens is 207 g/mol. The Bertz CT molecular complexity index is 448. The fraction of sp³-hybridized carbons (Fsp3) is 0.222. The van der Waals surface area contributed by atoms with Gasteiger partial charge in [0, 0.05) is 24.3 Å². The van der Waals surface area contributed by atoms with Gasteiger partial charge in [-0.15, -0.1) is 11.6 Å². The van der Waals surface area contributed by atoms with Gasteiger partial charge in [-0.05, 0) is 12.1 Å². The first kappa shape index (κ1) is 8.85. The molecule has 2 aromatic rings. The molecule has 2 aromatic heterocycles. The summed E-state index contributed by atoms with van der Waals surface area (Å²) < 4.78 is 2.02. The van der Waals surface area contributed by atoms with E-state index in [1.807, 2.05) is 23.7 Å². The van der Waals surface area contributed by atoms with Crippen LogP contribution in [-0.4, -0.2) is 9.55 Å². The van der Waals surface area contributed by atoms with Gasteiger partial charge in [0.25, 0.3) is 0 Å². The summed E-state index contributed by atoms with van der Waals surface area (Å²) in [6.07, 6.45) is 1.70. The summed E-state index contributed by atoms with van der Waals surface area (Å²) >= 11 is 11.7. The molecule has 0 N–H and O–H groups in total. The quantitative estimate of drug-likeness (QED) is 0.528. The lowest BCUT2D eigenvalue weighted by molar-refractivity contribution is 0.907. The molecule has 68 valence electrons. The van der Waals surface area contributed by atoms with Crippen molar-refractivity contribution in [1.29, 1.82) is 0 Å². The molecule has 0 atom stereocenters. The van der Waals surface area contributed by atoms with Crippen molar-refractivity contribution in [3.05, 3.63) is 29.2 Å². The van der Waals surface area contributed by atoms with Gasteiger partial charge in [0.15, 0.2) is 0 Å². The highest BCUT2D eigenvalue weighted by Crippen LogP contribution is 2.24. The van der Waals surface area contributed by atoms with E-state index in [1.54, 1.807) is 6.20 Å². The first-order chi connectivity index (χ1) is 6.24. The van der Waals surface area contributed by atoms with E-state index in [1.165, 1.54) is 0 Å². The van der Waals surface area contributed by atoms with Crippen LogP contribution in [-0.2, 0) is 12.9 Å². The maximum atomic E-state index is 5.93. The Morgan fingerprint density at radius 2 is 2.31 bits per heavy atom. The van der Waals surface area contributed by atoms with Crippen LogP contribution in [0.2, 0.25) is 5.15 Å². The van der Waals surface area contributed by atoms with Crippen molar-refractivity contribution in [2.45, 2.75) is 5.88 Å². The number of alkyl halides is 1. The molecule has 0 saturated heterocycles. The van der Waals surface area contributed by atoms with Crippen LogP contribution in [0, 0.1) is 0 Å². The lowest BCUT2D eigenvalue weighted by Crippen LogP contribution is -1.92. The Kier molecular flexibility index (Phi) is 2.18. The van der Waals surface area contributed by atoms with E-state index in [0.717, 1.165) is 16.6 Å². The molecule has 0 aliphatic rings. The lowest BCUT2D eigenvalue weighted by Gasteiger charge is -1.99. The minimum absolute atomic E-state index is 0.488. The zero-order chi connectivity index (χ0) is 9.42. The maximum Gasteiger partial charge on any atom is 0.138 e. The lowest BCUT2D eigenvalue weighted by atomic mass is 10.3. The van der Waals surface area contributed by atoms with Gasteiger partial charge in [-0.1, -0.05) is 11.6 Å². The Morgan fingerprint density at radius 3 is 2.92 bits per heavy atom. The molecule has 0 spiro atoms. The summed E-state index contributed by atoms with van der Waals surface area (Å²) in [7, 11) is 1.97. The van der Waals surface area contributed by atoms with E-state index < -0.39 is 0 Å². The second-order valence-corrected chi connectivity index (χ2v) is 3.49. The van der Waals surface area contributed by atoms with E-state index in [4.69, 9.17) is 23.2 Å². The molecule has 2 rings (SSSR count). The summed E-state index contributed by atoms with van der Waals surface area (Å²) in [6.45, 7) is 0. The van der Waals surface area contributed by atoms with E-state index in [0.29, 0.717) is 11.0 Å². The number of rotatable bonds is 1. The number of hydrogen-bond acceptors (Lipinski definition) is 1. The SMILES string of the molecule is Cn1c(CCl)cc2c(Cl)nccc21. The minimum Gasteiger partial charge on any atom is -0.346 e. The topological polar surface area (TPSA) is 17.8 Å². The predicted octanol–water partition coefficient (Wildman–Crippen LogP) is 2.97. The average molecular weight is 215 g/mol. The Morgan fingerprint density at radius 1 is 1.54 bits per heavy atom. The molecule has 13 heavy (non-hydrogen) atoms. The Balaban J connectivity index is 2.83. The van der Waals surface area contributed by atoms with Crippen molar-refractivity contribution < 1.29 is 0 Å². The van der Waals surface area contributed by atoms with Crippen molar-refractivity contribution in [3.63, 3.8) is 0 Å². The van der Waals surface area contributed by atoms with Crippen LogP contribution in [0.1, 0.15) is 5.69 Å². The summed E-state index contributed by atoms with van der Waals surface area (Å²) in [5, 5.41) is 1.49. The molecule has 0 aliphatic heterocycles. The molecule has 2 nitrogen and oxygen atoms in total. The van der Waals surface area contributed by atoms with Crippen LogP contribution in [0.4, 0.5) is 0 Å². The number of hydrogen-bond donors (Lipinski definition) is 0. The molecule has 0 saturated carbocycles. The van der Waals surface area contributed by atoms with Gasteiger partial charge < -0.3 is 4.57 Å². The summed E-state index contributed by atoms with van der Waals surface area (Å²) in [5.41, 5.74) is 2.11. The van der Waals surface area contributed by atoms with Gasteiger partial charge in [-0.2, -0.15) is 0 Å². The van der Waals surface area contributed by atoms with Crippen LogP contribution >= 0.6 is 23.2 Å². The highest BCUT2D eigenvalue weighted by Gasteiger charge is 2.07. The molecule has 0 bridgehead atoms. The largest absolute Gasteiger partial charge is 0.346 e. The summed E-state index contributed by atoms with van der Waals surface area (Å²) in [5.74, 6) is 0.488. The third-order valence-electron chi connectivity index (χ3n) is 2.16. The van der Waals surface area contributed by atoms with E-state index in [9.17, 15) is 0 Å². The van der Waals surface area contributed by atoms with Crippen molar-refractivity contribution in [3.8, 4) is 0 Å². The number of nitrogens with zero attached hydrogens (tertiary/aromatic N) is 2. The number of aromatic nitrogens is 2. The average Bonchev–Trinajstić information content (AvgIpc) is 2.45. The number of halogens is 2. The van der Waals surface area contributed by atoms with Crippen LogP contribution in [0.5, 0.6) is 0 Å². The van der Waals surface area contributed by atoms with Gasteiger partial charge in [-0.25, -0.2) is 4.98 Å². The maximum absolute atomic E-state index is 5.93. The first-order valence-corrected chi connectivity index (χ1v) is 4.80. The molecule has 2 heterocycles. The fourth-order valence-corrected chi connectivity index (χ4v) is 1.87. The Hall–Kier alpha value is -0.730. The molecule has 0 fully saturated rings. The highest BCUT2D eigenvalue weighted by molar-refractivity contribution is 6.34. The van der Waals surface area contributed by atoms with Crippen LogP contribution in [0.15, 0.2) is 18.3 Å². The van der Waals surface area contributed by atoms with E-state index in [2.05, 4.69) is 4.98 Å². The van der Waals surface area contributed by atoms with Gasteiger partial charge >= 0.3 is 0 Å². The summed E-state index contributed by atoms with van der Waals surface area (Å²) in [4.78, 5) is 4.01. The Labute approximate surface area is 86.1 Å². The highest BCUT2D eigenvalue weighted by atomic mass is 35.5. The van der Waals surface area contributed by atoms with Crippen molar-refractivity contribution in [2.24, 2.45) is 7.05 Å². The van der Waals surface area contributed by atoms with Crippen molar-refractivity contribution in [1.82, 2.24) is 9.55 Å². The number of fused-ring (bicyclic) bond motifs is 1. The molecule has 0 unspecified atom stereocenters. The standard InChI is InChI=1S/C9H8Cl2N2/c1-13-6(5-10)4-7-8(13)2-3-12-9(7)11/h2-4H,5H2,1H3. The zero-order valence-corrected chi connectivity index (χ0v) is 8.60. The second kappa shape index (κ2) is 3.20. The number of aryl methyl sites for hydroxylation is 1. The van der Waals surface area contributed by atoms with Gasteiger partial charge in [0.05, 0.1) is 11.4 Å². The first-order valence-electron chi connectivity index (χ1n) is 3.89. The zero-order valence-electron chi connectivity index (χ0n) is 7.09. The van der Waals surface area contributed by atoms with Gasteiger partial charge in [-0.3, -0.25) is 0 Å². The van der Waals surface area contributed by atoms with Gasteiger partial charge in [0.2, 0.25) is 0 Å². The second-order valence-electron chi connectivity index (χ2n) is 2.86. The molecule has 0 radical (unpaired) electrons. The monoisotopic (exact) mass is 214 g/mol. The minimum atomic E-state index is 0.488. The van der Waals surface area contributed by atoms with Crippen molar-refractivity contribution >= 4 is 34.1 Å². The van der Waals surface area contributed by atoms with Crippen LogP contribution < -0.4 is 0 Å². The smallest absolute Gasteiger partial charge is 0.138 e. The fourth-order valence-electron chi connectivity index (χ4n) is 1.41. The molecule has 0 aromatic carbocycles. The van der Waals surface area contributed by atoms with Crippen molar-refractivity contribution in [2.75, 3.05) is 0 Å². The molecule has 0 amide bonds. The van der Waals surface area contributed by atoms with Crippen LogP contribution in [0.3, 0.4) is 0 Å². The van der Waals surface area contributed by atoms with E-state index in [-0.39, 0.29) is 0 Å². The third kappa shape index (κ3) is 1.30.